The lowest BCUT2D eigenvalue weighted by molar-refractivity contribution is -0.224. The molecule has 1 amide bonds. The highest BCUT2D eigenvalue weighted by Gasteiger charge is 2.42. The van der Waals surface area contributed by atoms with E-state index in [2.05, 4.69) is 15.2 Å². The topological polar surface area (TPSA) is 71.1 Å². The highest BCUT2D eigenvalue weighted by atomic mass is 19.4. The minimum absolute atomic E-state index is 0.0168. The maximum absolute atomic E-state index is 13.2. The Hall–Kier alpha value is -2.42. The molecule has 9 heteroatoms. The van der Waals surface area contributed by atoms with Crippen LogP contribution in [0.5, 0.6) is 0 Å². The minimum Gasteiger partial charge on any atom is -0.354 e. The first-order valence-corrected chi connectivity index (χ1v) is 8.31. The number of hydrogen-bond acceptors (Lipinski definition) is 4. The fourth-order valence-electron chi connectivity index (χ4n) is 3.07. The summed E-state index contributed by atoms with van der Waals surface area (Å²) in [6, 6.07) is 7.32. The van der Waals surface area contributed by atoms with Crippen LogP contribution in [0, 0.1) is 0 Å². The van der Waals surface area contributed by atoms with Crippen molar-refractivity contribution in [2.45, 2.75) is 31.0 Å². The van der Waals surface area contributed by atoms with Crippen molar-refractivity contribution in [3.8, 4) is 0 Å². The number of alkyl halides is 3. The lowest BCUT2D eigenvalue weighted by Crippen LogP contribution is -2.41. The van der Waals surface area contributed by atoms with Gasteiger partial charge in [0.1, 0.15) is 18.8 Å². The summed E-state index contributed by atoms with van der Waals surface area (Å²) in [6.45, 7) is 0.303. The number of aromatic nitrogens is 3. The van der Waals surface area contributed by atoms with Crippen molar-refractivity contribution in [2.24, 2.45) is 0 Å². The highest BCUT2D eigenvalue weighted by molar-refractivity contribution is 5.77. The first kappa shape index (κ1) is 18.4. The Labute approximate surface area is 148 Å². The molecule has 2 heterocycles. The molecule has 0 spiro atoms. The van der Waals surface area contributed by atoms with Gasteiger partial charge in [-0.1, -0.05) is 30.3 Å². The predicted octanol–water partition coefficient (Wildman–Crippen LogP) is 2.83. The molecule has 0 aliphatic carbocycles. The average Bonchev–Trinajstić information content (AvgIpc) is 3.16. The predicted molar refractivity (Wildman–Crippen MR) is 86.1 cm³/mol. The van der Waals surface area contributed by atoms with Gasteiger partial charge < -0.3 is 9.64 Å². The third-order valence-electron chi connectivity index (χ3n) is 4.44. The highest BCUT2D eigenvalue weighted by Crippen LogP contribution is 2.35. The number of hydrogen-bond donors (Lipinski definition) is 1. The number of aromatic amines is 1. The van der Waals surface area contributed by atoms with E-state index in [4.69, 9.17) is 4.74 Å². The number of nitrogens with one attached hydrogen (secondary N) is 1. The Bertz CT molecular complexity index is 699. The Kier molecular flexibility index (Phi) is 5.55. The lowest BCUT2D eigenvalue weighted by atomic mass is 9.96. The summed E-state index contributed by atoms with van der Waals surface area (Å²) >= 11 is 0. The Morgan fingerprint density at radius 1 is 1.27 bits per heavy atom. The molecule has 1 fully saturated rings. The van der Waals surface area contributed by atoms with E-state index in [0.717, 1.165) is 5.82 Å². The van der Waals surface area contributed by atoms with Crippen molar-refractivity contribution in [1.82, 2.24) is 20.1 Å². The fraction of sp³-hybridized carbons (Fsp3) is 0.471. The molecule has 0 bridgehead atoms. The number of likely N-dealkylation sites (tertiary alicyclic amines) is 1. The van der Waals surface area contributed by atoms with Crippen molar-refractivity contribution in [3.05, 3.63) is 48.0 Å². The van der Waals surface area contributed by atoms with E-state index in [0.29, 0.717) is 25.9 Å². The molecule has 140 valence electrons. The second-order valence-electron chi connectivity index (χ2n) is 6.17. The maximum Gasteiger partial charge on any atom is 0.418 e. The van der Waals surface area contributed by atoms with Gasteiger partial charge in [0.05, 0.1) is 0 Å². The maximum atomic E-state index is 13.2. The van der Waals surface area contributed by atoms with Crippen LogP contribution in [-0.2, 0) is 9.53 Å². The second kappa shape index (κ2) is 7.86. The van der Waals surface area contributed by atoms with Crippen LogP contribution in [0.1, 0.15) is 36.3 Å². The van der Waals surface area contributed by atoms with E-state index in [9.17, 15) is 18.0 Å². The van der Waals surface area contributed by atoms with Gasteiger partial charge in [0.15, 0.2) is 6.10 Å². The summed E-state index contributed by atoms with van der Waals surface area (Å²) < 4.78 is 44.7. The molecule has 1 aromatic carbocycles. The van der Waals surface area contributed by atoms with E-state index < -0.39 is 24.8 Å². The minimum atomic E-state index is -4.58. The third-order valence-corrected chi connectivity index (χ3v) is 4.44. The number of ether oxygens (including phenoxy) is 1. The quantitative estimate of drug-likeness (QED) is 0.881. The summed E-state index contributed by atoms with van der Waals surface area (Å²) in [5.74, 6) is 0.510. The Morgan fingerprint density at radius 3 is 2.54 bits per heavy atom. The van der Waals surface area contributed by atoms with Crippen LogP contribution in [0.3, 0.4) is 0 Å². The molecular weight excluding hydrogens is 349 g/mol. The van der Waals surface area contributed by atoms with Crippen LogP contribution in [0.2, 0.25) is 0 Å². The van der Waals surface area contributed by atoms with Gasteiger partial charge in [0, 0.05) is 19.0 Å². The third kappa shape index (κ3) is 4.40. The molecule has 1 N–H and O–H groups in total. The molecular formula is C17H19F3N4O2. The number of nitrogens with zero attached hydrogens (tertiary/aromatic N) is 3. The Morgan fingerprint density at radius 2 is 1.96 bits per heavy atom. The van der Waals surface area contributed by atoms with Gasteiger partial charge in [0.2, 0.25) is 5.91 Å². The first-order valence-electron chi connectivity index (χ1n) is 8.31. The van der Waals surface area contributed by atoms with E-state index in [1.54, 1.807) is 6.07 Å². The van der Waals surface area contributed by atoms with Gasteiger partial charge >= 0.3 is 6.18 Å². The molecule has 6 nitrogen and oxygen atoms in total. The molecule has 26 heavy (non-hydrogen) atoms. The summed E-state index contributed by atoms with van der Waals surface area (Å²) in [4.78, 5) is 17.9. The van der Waals surface area contributed by atoms with Gasteiger partial charge in [0.25, 0.3) is 0 Å². The number of amides is 1. The van der Waals surface area contributed by atoms with Crippen molar-refractivity contribution < 1.29 is 22.7 Å². The van der Waals surface area contributed by atoms with Gasteiger partial charge in [-0.25, -0.2) is 4.98 Å². The van der Waals surface area contributed by atoms with Crippen molar-refractivity contribution in [2.75, 3.05) is 19.7 Å². The largest absolute Gasteiger partial charge is 0.418 e. The summed E-state index contributed by atoms with van der Waals surface area (Å²) in [5, 5.41) is 6.62. The van der Waals surface area contributed by atoms with Crippen LogP contribution in [0.15, 0.2) is 36.7 Å². The average molecular weight is 368 g/mol. The van der Waals surface area contributed by atoms with Crippen molar-refractivity contribution >= 4 is 5.91 Å². The van der Waals surface area contributed by atoms with Crippen LogP contribution in [0.4, 0.5) is 13.2 Å². The molecule has 2 aromatic rings. The molecule has 1 saturated heterocycles. The summed E-state index contributed by atoms with van der Waals surface area (Å²) in [7, 11) is 0. The zero-order valence-electron chi connectivity index (χ0n) is 13.9. The number of benzene rings is 1. The molecule has 3 rings (SSSR count). The number of rotatable bonds is 5. The zero-order chi connectivity index (χ0) is 18.6. The number of piperidine rings is 1. The first-order chi connectivity index (χ1) is 12.4. The number of carbonyl (C=O) groups is 1. The monoisotopic (exact) mass is 368 g/mol. The van der Waals surface area contributed by atoms with Crippen molar-refractivity contribution in [3.63, 3.8) is 0 Å². The standard InChI is InChI=1S/C17H19F3N4O2/c18-17(19,20)15(12-4-2-1-3-5-12)26-10-14(25)24-8-6-13(7-9-24)16-21-11-22-23-16/h1-5,11,13,15H,6-10H2,(H,21,22,23)/t15-/m1/s1. The fourth-order valence-corrected chi connectivity index (χ4v) is 3.07. The molecule has 1 aliphatic rings. The van der Waals surface area contributed by atoms with Crippen LogP contribution in [-0.4, -0.2) is 51.9 Å². The SMILES string of the molecule is O=C(CO[C@H](c1ccccc1)C(F)(F)F)N1CCC(c2ncn[nH]2)CC1. The van der Waals surface area contributed by atoms with E-state index >= 15 is 0 Å². The lowest BCUT2D eigenvalue weighted by Gasteiger charge is -2.31. The molecule has 0 unspecified atom stereocenters. The van der Waals surface area contributed by atoms with Crippen LogP contribution >= 0.6 is 0 Å². The normalized spacial score (nSPS) is 17.3. The van der Waals surface area contributed by atoms with Crippen LogP contribution < -0.4 is 0 Å². The van der Waals surface area contributed by atoms with Gasteiger partial charge in [-0.15, -0.1) is 0 Å². The number of halogens is 3. The number of carbonyl (C=O) groups excluding carboxylic acids is 1. The molecule has 1 atom stereocenters. The number of H-pyrrole nitrogens is 1. The summed E-state index contributed by atoms with van der Waals surface area (Å²) in [5.41, 5.74) is -0.0168. The molecule has 0 radical (unpaired) electrons. The van der Waals surface area contributed by atoms with Gasteiger partial charge in [-0.05, 0) is 18.4 Å². The zero-order valence-corrected chi connectivity index (χ0v) is 13.9. The van der Waals surface area contributed by atoms with E-state index in [1.165, 1.54) is 35.5 Å². The smallest absolute Gasteiger partial charge is 0.354 e. The summed E-state index contributed by atoms with van der Waals surface area (Å²) in [6.07, 6.45) is -3.90. The molecule has 1 aliphatic heterocycles. The Balaban J connectivity index is 1.54. The van der Waals surface area contributed by atoms with E-state index in [-0.39, 0.29) is 11.5 Å². The van der Waals surface area contributed by atoms with E-state index in [1.807, 2.05) is 0 Å². The van der Waals surface area contributed by atoms with Crippen molar-refractivity contribution in [1.29, 1.82) is 0 Å². The van der Waals surface area contributed by atoms with Crippen LogP contribution in [0.25, 0.3) is 0 Å². The second-order valence-corrected chi connectivity index (χ2v) is 6.17. The molecule has 1 aromatic heterocycles. The molecule has 0 saturated carbocycles. The van der Waals surface area contributed by atoms with Gasteiger partial charge in [-0.3, -0.25) is 9.89 Å². The van der Waals surface area contributed by atoms with Gasteiger partial charge in [-0.2, -0.15) is 18.3 Å².